The Labute approximate surface area is 344 Å². The molecule has 0 spiro atoms. The second-order valence-electron chi connectivity index (χ2n) is 15.3. The van der Waals surface area contributed by atoms with Crippen LogP contribution in [0.25, 0.3) is 87.6 Å². The number of nitrogens with zero attached hydrogens (tertiary/aromatic N) is 1. The second-order valence-corrected chi connectivity index (χ2v) is 15.3. The second kappa shape index (κ2) is 14.6. The van der Waals surface area contributed by atoms with Gasteiger partial charge in [-0.05, 0) is 148 Å². The van der Waals surface area contributed by atoms with Gasteiger partial charge in [-0.3, -0.25) is 0 Å². The summed E-state index contributed by atoms with van der Waals surface area (Å²) in [6, 6.07) is 86.1. The summed E-state index contributed by atoms with van der Waals surface area (Å²) in [5.74, 6) is 0. The molecular formula is C58H39N. The van der Waals surface area contributed by atoms with Crippen molar-refractivity contribution in [3.8, 4) is 44.5 Å². The molecule has 0 saturated heterocycles. The maximum atomic E-state index is 2.37. The molecule has 0 amide bonds. The maximum absolute atomic E-state index is 2.37. The summed E-state index contributed by atoms with van der Waals surface area (Å²) < 4.78 is 0. The van der Waals surface area contributed by atoms with E-state index in [1.54, 1.807) is 0 Å². The van der Waals surface area contributed by atoms with Crippen molar-refractivity contribution in [3.05, 3.63) is 237 Å². The van der Waals surface area contributed by atoms with Crippen molar-refractivity contribution in [2.45, 2.75) is 0 Å². The van der Waals surface area contributed by atoms with Gasteiger partial charge in [0.25, 0.3) is 0 Å². The van der Waals surface area contributed by atoms with Crippen LogP contribution in [-0.4, -0.2) is 0 Å². The van der Waals surface area contributed by atoms with Crippen LogP contribution < -0.4 is 4.90 Å². The topological polar surface area (TPSA) is 3.24 Å². The number of anilines is 3. The van der Waals surface area contributed by atoms with E-state index in [0.29, 0.717) is 0 Å². The van der Waals surface area contributed by atoms with Crippen LogP contribution in [0.2, 0.25) is 0 Å². The molecule has 0 fully saturated rings. The molecule has 1 nitrogen and oxygen atoms in total. The van der Waals surface area contributed by atoms with Crippen molar-refractivity contribution >= 4 is 60.2 Å². The zero-order valence-electron chi connectivity index (χ0n) is 32.5. The summed E-state index contributed by atoms with van der Waals surface area (Å²) in [5.41, 5.74) is 13.2. The minimum Gasteiger partial charge on any atom is -0.311 e. The predicted octanol–water partition coefficient (Wildman–Crippen LogP) is 16.4. The van der Waals surface area contributed by atoms with E-state index in [1.807, 2.05) is 0 Å². The molecule has 0 radical (unpaired) electrons. The lowest BCUT2D eigenvalue weighted by molar-refractivity contribution is 1.28. The average molecular weight is 750 g/mol. The van der Waals surface area contributed by atoms with E-state index in [1.165, 1.54) is 87.6 Å². The van der Waals surface area contributed by atoms with Gasteiger partial charge in [0.15, 0.2) is 0 Å². The van der Waals surface area contributed by atoms with Gasteiger partial charge < -0.3 is 4.90 Å². The third kappa shape index (κ3) is 6.40. The van der Waals surface area contributed by atoms with Crippen molar-refractivity contribution in [3.63, 3.8) is 0 Å². The fourth-order valence-corrected chi connectivity index (χ4v) is 8.86. The van der Waals surface area contributed by atoms with Crippen LogP contribution >= 0.6 is 0 Å². The molecule has 11 rings (SSSR count). The molecule has 1 heteroatoms. The van der Waals surface area contributed by atoms with Gasteiger partial charge in [-0.1, -0.05) is 176 Å². The fraction of sp³-hybridized carbons (Fsp3) is 0. The summed E-state index contributed by atoms with van der Waals surface area (Å²) in [6.45, 7) is 0. The van der Waals surface area contributed by atoms with E-state index in [0.717, 1.165) is 17.1 Å². The Morgan fingerprint density at radius 2 is 0.644 bits per heavy atom. The Bertz CT molecular complexity index is 3260. The highest BCUT2D eigenvalue weighted by atomic mass is 15.1. The minimum absolute atomic E-state index is 1.13. The van der Waals surface area contributed by atoms with E-state index < -0.39 is 0 Å². The van der Waals surface area contributed by atoms with Crippen LogP contribution in [-0.2, 0) is 0 Å². The first-order chi connectivity index (χ1) is 29.2. The maximum Gasteiger partial charge on any atom is 0.0462 e. The van der Waals surface area contributed by atoms with E-state index in [9.17, 15) is 0 Å². The Balaban J connectivity index is 0.893. The number of benzene rings is 11. The van der Waals surface area contributed by atoms with E-state index in [4.69, 9.17) is 0 Å². The molecule has 0 unspecified atom stereocenters. The smallest absolute Gasteiger partial charge is 0.0462 e. The number of rotatable bonds is 7. The molecule has 59 heavy (non-hydrogen) atoms. The largest absolute Gasteiger partial charge is 0.311 e. The summed E-state index contributed by atoms with van der Waals surface area (Å²) in [5, 5.41) is 10.0. The van der Waals surface area contributed by atoms with Crippen molar-refractivity contribution in [2.75, 3.05) is 4.90 Å². The molecule has 0 atom stereocenters. The van der Waals surface area contributed by atoms with Gasteiger partial charge in [0, 0.05) is 17.1 Å². The first-order valence-electron chi connectivity index (χ1n) is 20.3. The molecule has 0 aliphatic carbocycles. The molecular weight excluding hydrogens is 711 g/mol. The lowest BCUT2D eigenvalue weighted by Gasteiger charge is -2.25. The van der Waals surface area contributed by atoms with Crippen molar-refractivity contribution < 1.29 is 0 Å². The Morgan fingerprint density at radius 3 is 1.27 bits per heavy atom. The summed E-state index contributed by atoms with van der Waals surface area (Å²) in [6.07, 6.45) is 0. The highest BCUT2D eigenvalue weighted by Gasteiger charge is 2.15. The SMILES string of the molecule is c1ccc(-c2ccc3ccccc3c2-c2ccc3c(ccc4cc(-c5ccc6cc(-c7ccc(N(c8ccccc8)c8ccccc8)cc7)ccc6c5)ccc43)c2)cc1. The number of fused-ring (bicyclic) bond motifs is 5. The molecule has 0 heterocycles. The van der Waals surface area contributed by atoms with Crippen molar-refractivity contribution in [2.24, 2.45) is 0 Å². The number of para-hydroxylation sites is 2. The predicted molar refractivity (Wildman–Crippen MR) is 253 cm³/mol. The van der Waals surface area contributed by atoms with Crippen LogP contribution in [0.15, 0.2) is 237 Å². The molecule has 0 aromatic heterocycles. The number of hydrogen-bond acceptors (Lipinski definition) is 1. The molecule has 0 aliphatic heterocycles. The highest BCUT2D eigenvalue weighted by Crippen LogP contribution is 2.41. The van der Waals surface area contributed by atoms with Crippen LogP contribution in [0.3, 0.4) is 0 Å². The third-order valence-electron chi connectivity index (χ3n) is 11.8. The monoisotopic (exact) mass is 749 g/mol. The van der Waals surface area contributed by atoms with E-state index in [2.05, 4.69) is 241 Å². The first kappa shape index (κ1) is 34.5. The molecule has 0 N–H and O–H groups in total. The van der Waals surface area contributed by atoms with Crippen LogP contribution in [0.1, 0.15) is 0 Å². The van der Waals surface area contributed by atoms with Crippen LogP contribution in [0.4, 0.5) is 17.1 Å². The van der Waals surface area contributed by atoms with Gasteiger partial charge in [-0.2, -0.15) is 0 Å². The molecule has 276 valence electrons. The summed E-state index contributed by atoms with van der Waals surface area (Å²) in [4.78, 5) is 2.30. The highest BCUT2D eigenvalue weighted by molar-refractivity contribution is 6.11. The van der Waals surface area contributed by atoms with E-state index in [-0.39, 0.29) is 0 Å². The quantitative estimate of drug-likeness (QED) is 0.147. The van der Waals surface area contributed by atoms with Gasteiger partial charge in [0.2, 0.25) is 0 Å². The minimum atomic E-state index is 1.13. The Kier molecular flexibility index (Phi) is 8.56. The average Bonchev–Trinajstić information content (AvgIpc) is 3.31. The lowest BCUT2D eigenvalue weighted by atomic mass is 9.88. The summed E-state index contributed by atoms with van der Waals surface area (Å²) >= 11 is 0. The zero-order chi connectivity index (χ0) is 39.1. The molecule has 11 aromatic rings. The van der Waals surface area contributed by atoms with Crippen LogP contribution in [0, 0.1) is 0 Å². The number of hydrogen-bond donors (Lipinski definition) is 0. The first-order valence-corrected chi connectivity index (χ1v) is 20.3. The zero-order valence-corrected chi connectivity index (χ0v) is 32.5. The molecule has 0 bridgehead atoms. The lowest BCUT2D eigenvalue weighted by Crippen LogP contribution is -2.09. The van der Waals surface area contributed by atoms with Crippen LogP contribution in [0.5, 0.6) is 0 Å². The van der Waals surface area contributed by atoms with Gasteiger partial charge in [0.05, 0.1) is 0 Å². The van der Waals surface area contributed by atoms with Gasteiger partial charge in [-0.15, -0.1) is 0 Å². The van der Waals surface area contributed by atoms with E-state index >= 15 is 0 Å². The van der Waals surface area contributed by atoms with Gasteiger partial charge >= 0.3 is 0 Å². The molecule has 11 aromatic carbocycles. The van der Waals surface area contributed by atoms with Gasteiger partial charge in [-0.25, -0.2) is 0 Å². The van der Waals surface area contributed by atoms with Gasteiger partial charge in [0.1, 0.15) is 0 Å². The Morgan fingerprint density at radius 1 is 0.220 bits per heavy atom. The normalized spacial score (nSPS) is 11.4. The van der Waals surface area contributed by atoms with Crippen molar-refractivity contribution in [1.29, 1.82) is 0 Å². The standard InChI is InChI=1S/C58H39N/c1-4-12-41(13-5-1)57-35-28-42-14-10-11-19-56(42)58(57)50-30-34-55-49(39-50)25-24-48-38-47(29-33-54(48)55)46-23-22-44-36-43(20-21-45(44)37-46)40-26-31-53(32-27-40)59(51-15-6-2-7-16-51)52-17-8-3-9-18-52/h1-39H. The third-order valence-corrected chi connectivity index (χ3v) is 11.8. The fourth-order valence-electron chi connectivity index (χ4n) is 8.86. The molecule has 0 saturated carbocycles. The summed E-state index contributed by atoms with van der Waals surface area (Å²) in [7, 11) is 0. The molecule has 0 aliphatic rings. The van der Waals surface area contributed by atoms with Crippen molar-refractivity contribution in [1.82, 2.24) is 0 Å². The Hall–Kier alpha value is -7.74.